The predicted octanol–water partition coefficient (Wildman–Crippen LogP) is 3.28. The summed E-state index contributed by atoms with van der Waals surface area (Å²) in [5, 5.41) is 0. The van der Waals surface area contributed by atoms with E-state index >= 15 is 0 Å². The maximum atomic E-state index is 12.2. The third kappa shape index (κ3) is 3.66. The molecule has 2 heterocycles. The van der Waals surface area contributed by atoms with E-state index in [9.17, 15) is 9.59 Å². The van der Waals surface area contributed by atoms with Gasteiger partial charge in [-0.25, -0.2) is 0 Å². The third-order valence-electron chi connectivity index (χ3n) is 3.78. The number of hydrogen-bond donors (Lipinski definition) is 0. The van der Waals surface area contributed by atoms with Crippen molar-refractivity contribution in [1.29, 1.82) is 0 Å². The summed E-state index contributed by atoms with van der Waals surface area (Å²) < 4.78 is 0. The first-order chi connectivity index (χ1) is 8.87. The number of Topliss-reactive ketones (excluding diaryl/α,β-unsaturated/α-hetero) is 1. The Labute approximate surface area is 118 Å². The molecule has 0 saturated carbocycles. The lowest BCUT2D eigenvalue weighted by atomic mass is 9.85. The lowest BCUT2D eigenvalue weighted by Crippen LogP contribution is -2.35. The standard InChI is InChI=1S/C15H21NO2S/c1-11-4-5-13(19-11)12(17)10-16-9-8-15(2,3)7-6-14(16)18/h4-5H,6-10H2,1-3H3. The van der Waals surface area contributed by atoms with Gasteiger partial charge in [0.2, 0.25) is 5.91 Å². The van der Waals surface area contributed by atoms with Gasteiger partial charge < -0.3 is 4.90 Å². The molecule has 1 aliphatic heterocycles. The van der Waals surface area contributed by atoms with Crippen molar-refractivity contribution in [3.63, 3.8) is 0 Å². The van der Waals surface area contributed by atoms with Gasteiger partial charge in [0.1, 0.15) is 0 Å². The van der Waals surface area contributed by atoms with E-state index in [1.165, 1.54) is 11.3 Å². The van der Waals surface area contributed by atoms with Crippen molar-refractivity contribution in [3.8, 4) is 0 Å². The molecule has 0 aromatic carbocycles. The summed E-state index contributed by atoms with van der Waals surface area (Å²) >= 11 is 1.50. The van der Waals surface area contributed by atoms with Gasteiger partial charge >= 0.3 is 0 Å². The molecule has 0 aliphatic carbocycles. The Hall–Kier alpha value is -1.16. The minimum atomic E-state index is 0.0613. The highest BCUT2D eigenvalue weighted by Gasteiger charge is 2.28. The second-order valence-electron chi connectivity index (χ2n) is 6.06. The van der Waals surface area contributed by atoms with Crippen molar-refractivity contribution in [3.05, 3.63) is 21.9 Å². The summed E-state index contributed by atoms with van der Waals surface area (Å²) in [4.78, 5) is 27.8. The van der Waals surface area contributed by atoms with E-state index in [0.29, 0.717) is 13.0 Å². The summed E-state index contributed by atoms with van der Waals surface area (Å²) in [7, 11) is 0. The van der Waals surface area contributed by atoms with Gasteiger partial charge in [-0.05, 0) is 37.3 Å². The van der Waals surface area contributed by atoms with Crippen LogP contribution in [0.3, 0.4) is 0 Å². The Morgan fingerprint density at radius 2 is 2.11 bits per heavy atom. The van der Waals surface area contributed by atoms with Gasteiger partial charge in [-0.2, -0.15) is 0 Å². The molecule has 0 spiro atoms. The maximum absolute atomic E-state index is 12.2. The highest BCUT2D eigenvalue weighted by Crippen LogP contribution is 2.30. The molecular weight excluding hydrogens is 258 g/mol. The Morgan fingerprint density at radius 3 is 2.74 bits per heavy atom. The van der Waals surface area contributed by atoms with Crippen LogP contribution >= 0.6 is 11.3 Å². The molecule has 1 saturated heterocycles. The lowest BCUT2D eigenvalue weighted by Gasteiger charge is -2.22. The summed E-state index contributed by atoms with van der Waals surface area (Å²) in [6.45, 7) is 7.29. The summed E-state index contributed by atoms with van der Waals surface area (Å²) in [6.07, 6.45) is 2.44. The zero-order chi connectivity index (χ0) is 14.0. The molecule has 0 unspecified atom stereocenters. The van der Waals surface area contributed by atoms with E-state index in [2.05, 4.69) is 13.8 Å². The van der Waals surface area contributed by atoms with Gasteiger partial charge in [0.25, 0.3) is 0 Å². The molecule has 104 valence electrons. The monoisotopic (exact) mass is 279 g/mol. The first-order valence-corrected chi connectivity index (χ1v) is 7.56. The van der Waals surface area contributed by atoms with Crippen LogP contribution in [-0.2, 0) is 4.79 Å². The number of thiophene rings is 1. The molecule has 0 atom stereocenters. The molecule has 0 bridgehead atoms. The number of aryl methyl sites for hydroxylation is 1. The number of nitrogens with zero attached hydrogens (tertiary/aromatic N) is 1. The van der Waals surface area contributed by atoms with Crippen LogP contribution in [-0.4, -0.2) is 29.7 Å². The number of rotatable bonds is 3. The Kier molecular flexibility index (Phi) is 4.09. The van der Waals surface area contributed by atoms with Gasteiger partial charge in [-0.1, -0.05) is 13.8 Å². The molecule has 3 nitrogen and oxygen atoms in total. The first-order valence-electron chi connectivity index (χ1n) is 6.75. The number of ketones is 1. The van der Waals surface area contributed by atoms with Gasteiger partial charge in [-0.15, -0.1) is 11.3 Å². The average Bonchev–Trinajstić information content (AvgIpc) is 2.73. The minimum Gasteiger partial charge on any atom is -0.335 e. The van der Waals surface area contributed by atoms with E-state index in [0.717, 1.165) is 22.6 Å². The minimum absolute atomic E-state index is 0.0613. The van der Waals surface area contributed by atoms with Gasteiger partial charge in [0.15, 0.2) is 5.78 Å². The van der Waals surface area contributed by atoms with Crippen LogP contribution in [0.15, 0.2) is 12.1 Å². The van der Waals surface area contributed by atoms with Crippen molar-refractivity contribution >= 4 is 23.0 Å². The normalized spacial score (nSPS) is 19.3. The van der Waals surface area contributed by atoms with Crippen molar-refractivity contribution in [2.24, 2.45) is 5.41 Å². The van der Waals surface area contributed by atoms with Gasteiger partial charge in [0.05, 0.1) is 11.4 Å². The average molecular weight is 279 g/mol. The van der Waals surface area contributed by atoms with Crippen LogP contribution in [0.1, 0.15) is 47.7 Å². The van der Waals surface area contributed by atoms with Gasteiger partial charge in [-0.3, -0.25) is 9.59 Å². The number of likely N-dealkylation sites (tertiary alicyclic amines) is 1. The topological polar surface area (TPSA) is 37.4 Å². The molecule has 0 radical (unpaired) electrons. The number of amides is 1. The smallest absolute Gasteiger partial charge is 0.222 e. The largest absolute Gasteiger partial charge is 0.335 e. The van der Waals surface area contributed by atoms with E-state index in [4.69, 9.17) is 0 Å². The number of carbonyl (C=O) groups is 2. The summed E-state index contributed by atoms with van der Waals surface area (Å²) in [6, 6.07) is 3.81. The second kappa shape index (κ2) is 5.45. The molecule has 1 aliphatic rings. The molecule has 1 fully saturated rings. The fourth-order valence-electron chi connectivity index (χ4n) is 2.29. The maximum Gasteiger partial charge on any atom is 0.222 e. The molecule has 4 heteroatoms. The molecular formula is C15H21NO2S. The zero-order valence-corrected chi connectivity index (χ0v) is 12.7. The first kappa shape index (κ1) is 14.3. The molecule has 2 rings (SSSR count). The van der Waals surface area contributed by atoms with Crippen molar-refractivity contribution in [2.45, 2.75) is 40.0 Å². The lowest BCUT2D eigenvalue weighted by molar-refractivity contribution is -0.130. The van der Waals surface area contributed by atoms with Crippen LogP contribution < -0.4 is 0 Å². The quantitative estimate of drug-likeness (QED) is 0.796. The highest BCUT2D eigenvalue weighted by molar-refractivity contribution is 7.14. The number of hydrogen-bond acceptors (Lipinski definition) is 3. The second-order valence-corrected chi connectivity index (χ2v) is 7.35. The Balaban J connectivity index is 2.02. The Bertz CT molecular complexity index is 490. The molecule has 0 N–H and O–H groups in total. The van der Waals surface area contributed by atoms with Crippen LogP contribution in [0.5, 0.6) is 0 Å². The summed E-state index contributed by atoms with van der Waals surface area (Å²) in [5.41, 5.74) is 0.201. The molecule has 1 aromatic heterocycles. The number of carbonyl (C=O) groups excluding carboxylic acids is 2. The van der Waals surface area contributed by atoms with E-state index in [-0.39, 0.29) is 23.7 Å². The van der Waals surface area contributed by atoms with Crippen LogP contribution in [0.25, 0.3) is 0 Å². The van der Waals surface area contributed by atoms with Crippen molar-refractivity contribution in [1.82, 2.24) is 4.90 Å². The fraction of sp³-hybridized carbons (Fsp3) is 0.600. The van der Waals surface area contributed by atoms with Crippen LogP contribution in [0.2, 0.25) is 0 Å². The zero-order valence-electron chi connectivity index (χ0n) is 11.9. The third-order valence-corrected chi connectivity index (χ3v) is 4.82. The van der Waals surface area contributed by atoms with E-state index < -0.39 is 0 Å². The van der Waals surface area contributed by atoms with E-state index in [1.807, 2.05) is 19.1 Å². The van der Waals surface area contributed by atoms with Crippen LogP contribution in [0.4, 0.5) is 0 Å². The molecule has 1 aromatic rings. The SMILES string of the molecule is Cc1ccc(C(=O)CN2CCC(C)(C)CCC2=O)s1. The van der Waals surface area contributed by atoms with Crippen molar-refractivity contribution < 1.29 is 9.59 Å². The van der Waals surface area contributed by atoms with Crippen molar-refractivity contribution in [2.75, 3.05) is 13.1 Å². The van der Waals surface area contributed by atoms with Gasteiger partial charge in [0, 0.05) is 17.8 Å². The predicted molar refractivity (Wildman–Crippen MR) is 77.6 cm³/mol. The van der Waals surface area contributed by atoms with E-state index in [1.54, 1.807) is 4.90 Å². The molecule has 19 heavy (non-hydrogen) atoms. The fourth-order valence-corrected chi connectivity index (χ4v) is 3.09. The Morgan fingerprint density at radius 1 is 1.37 bits per heavy atom. The molecule has 1 amide bonds. The summed E-state index contributed by atoms with van der Waals surface area (Å²) in [5.74, 6) is 0.179. The van der Waals surface area contributed by atoms with Crippen LogP contribution in [0, 0.1) is 12.3 Å². The highest BCUT2D eigenvalue weighted by atomic mass is 32.1.